The molecule has 0 spiro atoms. The second kappa shape index (κ2) is 10.5. The summed E-state index contributed by atoms with van der Waals surface area (Å²) in [6.07, 6.45) is 0. The Balaban J connectivity index is 1.52. The van der Waals surface area contributed by atoms with Gasteiger partial charge in [-0.3, -0.25) is 14.5 Å². The monoisotopic (exact) mass is 566 g/mol. The van der Waals surface area contributed by atoms with Crippen molar-refractivity contribution < 1.29 is 18.7 Å². The number of carbonyl (C=O) groups is 1. The molecule has 0 N–H and O–H groups in total. The van der Waals surface area contributed by atoms with Gasteiger partial charge in [-0.25, -0.2) is 4.98 Å². The van der Waals surface area contributed by atoms with Gasteiger partial charge >= 0.3 is 0 Å². The van der Waals surface area contributed by atoms with Crippen molar-refractivity contribution in [1.29, 1.82) is 0 Å². The summed E-state index contributed by atoms with van der Waals surface area (Å²) < 4.78 is 18.3. The van der Waals surface area contributed by atoms with Crippen molar-refractivity contribution in [3.05, 3.63) is 115 Å². The average Bonchev–Trinajstić information content (AvgIpc) is 3.45. The van der Waals surface area contributed by atoms with Crippen LogP contribution >= 0.6 is 11.3 Å². The van der Waals surface area contributed by atoms with Crippen LogP contribution in [0.15, 0.2) is 69.9 Å². The second-order valence-electron chi connectivity index (χ2n) is 10.2. The van der Waals surface area contributed by atoms with E-state index in [1.54, 1.807) is 4.90 Å². The molecule has 0 saturated heterocycles. The van der Waals surface area contributed by atoms with Crippen molar-refractivity contribution in [3.63, 3.8) is 0 Å². The first-order chi connectivity index (χ1) is 19.8. The quantitative estimate of drug-likeness (QED) is 0.207. The molecule has 6 rings (SSSR count). The lowest BCUT2D eigenvalue weighted by Gasteiger charge is -2.23. The van der Waals surface area contributed by atoms with Crippen LogP contribution in [0, 0.1) is 27.7 Å². The fourth-order valence-corrected chi connectivity index (χ4v) is 6.05. The van der Waals surface area contributed by atoms with Crippen molar-refractivity contribution >= 4 is 33.3 Å². The van der Waals surface area contributed by atoms with Crippen LogP contribution in [0.3, 0.4) is 0 Å². The Bertz CT molecular complexity index is 1840. The molecule has 0 bridgehead atoms. The van der Waals surface area contributed by atoms with E-state index in [0.29, 0.717) is 51.9 Å². The van der Waals surface area contributed by atoms with Crippen LogP contribution in [0.5, 0.6) is 11.5 Å². The lowest BCUT2D eigenvalue weighted by molar-refractivity contribution is 0.0971. The highest BCUT2D eigenvalue weighted by Crippen LogP contribution is 2.45. The van der Waals surface area contributed by atoms with E-state index in [0.717, 1.165) is 27.3 Å². The number of amides is 1. The molecule has 1 amide bonds. The summed E-state index contributed by atoms with van der Waals surface area (Å²) in [4.78, 5) is 35.3. The highest BCUT2D eigenvalue weighted by molar-refractivity contribution is 7.15. The van der Waals surface area contributed by atoms with Gasteiger partial charge in [0.1, 0.15) is 12.2 Å². The van der Waals surface area contributed by atoms with Gasteiger partial charge in [0.05, 0.1) is 29.3 Å². The number of rotatable bonds is 7. The summed E-state index contributed by atoms with van der Waals surface area (Å²) in [6.45, 7) is 10.5. The summed E-state index contributed by atoms with van der Waals surface area (Å²) in [6, 6.07) is 18.4. The Hall–Kier alpha value is -4.43. The van der Waals surface area contributed by atoms with Crippen molar-refractivity contribution in [2.24, 2.45) is 0 Å². The van der Waals surface area contributed by atoms with Crippen LogP contribution < -0.4 is 19.8 Å². The number of aryl methyl sites for hydroxylation is 4. The Morgan fingerprint density at radius 1 is 0.927 bits per heavy atom. The minimum Gasteiger partial charge on any atom is -0.490 e. The third kappa shape index (κ3) is 4.68. The van der Waals surface area contributed by atoms with Crippen molar-refractivity contribution in [1.82, 2.24) is 4.98 Å². The van der Waals surface area contributed by atoms with E-state index >= 15 is 0 Å². The molecule has 0 saturated carbocycles. The maximum absolute atomic E-state index is 14.1. The summed E-state index contributed by atoms with van der Waals surface area (Å²) >= 11 is 1.42. The molecule has 2 aromatic heterocycles. The Morgan fingerprint density at radius 2 is 1.68 bits per heavy atom. The fourth-order valence-electron chi connectivity index (χ4n) is 5.12. The molecule has 1 aliphatic heterocycles. The van der Waals surface area contributed by atoms with Crippen molar-refractivity contribution in [3.8, 4) is 11.5 Å². The minimum absolute atomic E-state index is 0.0450. The number of benzene rings is 3. The summed E-state index contributed by atoms with van der Waals surface area (Å²) in [7, 11) is 0. The maximum Gasteiger partial charge on any atom is 0.297 e. The minimum atomic E-state index is -0.743. The normalized spacial score (nSPS) is 14.5. The summed E-state index contributed by atoms with van der Waals surface area (Å²) in [5.41, 5.74) is 5.01. The van der Waals surface area contributed by atoms with Gasteiger partial charge < -0.3 is 13.9 Å². The fraction of sp³-hybridized carbons (Fsp3) is 0.242. The van der Waals surface area contributed by atoms with E-state index in [4.69, 9.17) is 18.9 Å². The smallest absolute Gasteiger partial charge is 0.297 e. The van der Waals surface area contributed by atoms with Crippen LogP contribution in [-0.4, -0.2) is 17.5 Å². The molecule has 0 radical (unpaired) electrons. The Morgan fingerprint density at radius 3 is 2.39 bits per heavy atom. The zero-order valence-corrected chi connectivity index (χ0v) is 24.4. The molecule has 208 valence electrons. The summed E-state index contributed by atoms with van der Waals surface area (Å²) in [5, 5.41) is 0.963. The number of carbonyl (C=O) groups excluding carboxylic acids is 1. The van der Waals surface area contributed by atoms with E-state index in [1.165, 1.54) is 11.3 Å². The van der Waals surface area contributed by atoms with Gasteiger partial charge in [0.25, 0.3) is 5.91 Å². The van der Waals surface area contributed by atoms with Gasteiger partial charge in [0.2, 0.25) is 5.76 Å². The molecule has 1 atom stereocenters. The molecule has 5 aromatic rings. The zero-order chi connectivity index (χ0) is 28.8. The Labute approximate surface area is 242 Å². The van der Waals surface area contributed by atoms with Crippen LogP contribution in [-0.2, 0) is 6.61 Å². The number of aromatic nitrogens is 1. The largest absolute Gasteiger partial charge is 0.490 e. The maximum atomic E-state index is 14.1. The highest BCUT2D eigenvalue weighted by atomic mass is 32.1. The zero-order valence-electron chi connectivity index (χ0n) is 23.6. The highest BCUT2D eigenvalue weighted by Gasteiger charge is 2.45. The average molecular weight is 567 g/mol. The van der Waals surface area contributed by atoms with Crippen molar-refractivity contribution in [2.45, 2.75) is 47.3 Å². The number of hydrogen-bond donors (Lipinski definition) is 0. The molecule has 41 heavy (non-hydrogen) atoms. The number of fused-ring (bicyclic) bond motifs is 2. The van der Waals surface area contributed by atoms with Crippen LogP contribution in [0.4, 0.5) is 5.13 Å². The number of nitrogens with zero attached hydrogens (tertiary/aromatic N) is 2. The third-order valence-corrected chi connectivity index (χ3v) is 8.60. The van der Waals surface area contributed by atoms with Crippen LogP contribution in [0.1, 0.15) is 61.9 Å². The molecular weight excluding hydrogens is 536 g/mol. The topological polar surface area (TPSA) is 81.9 Å². The van der Waals surface area contributed by atoms with Gasteiger partial charge in [-0.05, 0) is 81.1 Å². The predicted octanol–water partition coefficient (Wildman–Crippen LogP) is 7.21. The molecule has 0 fully saturated rings. The predicted molar refractivity (Wildman–Crippen MR) is 161 cm³/mol. The summed E-state index contributed by atoms with van der Waals surface area (Å²) in [5.74, 6) is 0.764. The molecule has 8 heteroatoms. The van der Waals surface area contributed by atoms with Gasteiger partial charge in [-0.15, -0.1) is 11.3 Å². The molecule has 1 aliphatic rings. The molecule has 0 aliphatic carbocycles. The molecule has 3 aromatic carbocycles. The lowest BCUT2D eigenvalue weighted by Crippen LogP contribution is -2.29. The molecule has 7 nitrogen and oxygen atoms in total. The third-order valence-electron chi connectivity index (χ3n) is 7.53. The SMILES string of the molecule is CCOc1cc(C2c3c(oc4cc(C)c(C)cc4c3=O)C(=O)N2c2nc(C)c(C)s2)ccc1OCc1ccccc1. The molecule has 3 heterocycles. The number of ether oxygens (including phenoxy) is 2. The number of anilines is 1. The standard InChI is InChI=1S/C33H30N2O5S/c1-6-38-27-16-23(12-13-25(27)39-17-22-10-8-7-9-11-22)29-28-30(36)24-14-18(2)19(3)15-26(24)40-31(28)32(37)35(29)33-34-20(4)21(5)41-33/h7-16,29H,6,17H2,1-5H3. The van der Waals surface area contributed by atoms with Crippen LogP contribution in [0.2, 0.25) is 0 Å². The number of hydrogen-bond acceptors (Lipinski definition) is 7. The van der Waals surface area contributed by atoms with E-state index < -0.39 is 11.9 Å². The van der Waals surface area contributed by atoms with Crippen molar-refractivity contribution in [2.75, 3.05) is 11.5 Å². The van der Waals surface area contributed by atoms with E-state index in [2.05, 4.69) is 0 Å². The first-order valence-corrected chi connectivity index (χ1v) is 14.4. The first-order valence-electron chi connectivity index (χ1n) is 13.6. The lowest BCUT2D eigenvalue weighted by atomic mass is 9.97. The van der Waals surface area contributed by atoms with Gasteiger partial charge in [0.15, 0.2) is 22.1 Å². The van der Waals surface area contributed by atoms with Gasteiger partial charge in [0, 0.05) is 4.88 Å². The molecular formula is C33H30N2O5S. The van der Waals surface area contributed by atoms with E-state index in [1.807, 2.05) is 95.3 Å². The second-order valence-corrected chi connectivity index (χ2v) is 11.4. The molecule has 1 unspecified atom stereocenters. The van der Waals surface area contributed by atoms with E-state index in [9.17, 15) is 9.59 Å². The number of thiazole rings is 1. The van der Waals surface area contributed by atoms with E-state index in [-0.39, 0.29) is 11.2 Å². The van der Waals surface area contributed by atoms with Gasteiger partial charge in [-0.1, -0.05) is 36.4 Å². The van der Waals surface area contributed by atoms with Gasteiger partial charge in [-0.2, -0.15) is 0 Å². The van der Waals surface area contributed by atoms with Crippen LogP contribution in [0.25, 0.3) is 11.0 Å². The Kier molecular flexibility index (Phi) is 6.87. The first kappa shape index (κ1) is 26.8.